The van der Waals surface area contributed by atoms with Gasteiger partial charge in [-0.25, -0.2) is 0 Å². The van der Waals surface area contributed by atoms with E-state index >= 15 is 0 Å². The number of aryl methyl sites for hydroxylation is 1. The normalized spacial score (nSPS) is 12.4. The van der Waals surface area contributed by atoms with Gasteiger partial charge in [0.05, 0.1) is 22.9 Å². The Morgan fingerprint density at radius 2 is 2.41 bits per heavy atom. The highest BCUT2D eigenvalue weighted by Crippen LogP contribution is 2.27. The first-order chi connectivity index (χ1) is 8.13. The summed E-state index contributed by atoms with van der Waals surface area (Å²) in [7, 11) is 0. The summed E-state index contributed by atoms with van der Waals surface area (Å²) < 4.78 is 0.718. The predicted octanol–water partition coefficient (Wildman–Crippen LogP) is 2.24. The molecule has 0 radical (unpaired) electrons. The van der Waals surface area contributed by atoms with E-state index in [2.05, 4.69) is 15.0 Å². The van der Waals surface area contributed by atoms with E-state index in [9.17, 15) is 9.90 Å². The van der Waals surface area contributed by atoms with Crippen molar-refractivity contribution in [2.45, 2.75) is 13.0 Å². The van der Waals surface area contributed by atoms with Gasteiger partial charge in [0.1, 0.15) is 0 Å². The van der Waals surface area contributed by atoms with E-state index in [1.165, 1.54) is 0 Å². The van der Waals surface area contributed by atoms with Crippen molar-refractivity contribution in [3.05, 3.63) is 43.4 Å². The van der Waals surface area contributed by atoms with Crippen LogP contribution in [0.15, 0.2) is 22.0 Å². The summed E-state index contributed by atoms with van der Waals surface area (Å²) in [5.41, 5.74) is 10.5. The van der Waals surface area contributed by atoms with E-state index in [0.29, 0.717) is 5.56 Å². The van der Waals surface area contributed by atoms with E-state index in [0.717, 1.165) is 27.1 Å². The van der Waals surface area contributed by atoms with E-state index in [1.807, 2.05) is 13.0 Å². The van der Waals surface area contributed by atoms with Crippen LogP contribution in [-0.4, -0.2) is 16.6 Å². The number of benzene rings is 1. The molecule has 1 unspecified atom stereocenters. The molecule has 1 aromatic carbocycles. The molecular formula is C10H10N4O2S. The van der Waals surface area contributed by atoms with Gasteiger partial charge in [-0.15, -0.1) is 0 Å². The summed E-state index contributed by atoms with van der Waals surface area (Å²) in [6.45, 7) is 1.84. The molecule has 0 amide bonds. The highest BCUT2D eigenvalue weighted by atomic mass is 32.1. The third-order valence-corrected chi connectivity index (χ3v) is 3.43. The van der Waals surface area contributed by atoms with Crippen molar-refractivity contribution in [2.24, 2.45) is 5.11 Å². The topological polar surface area (TPSA) is 102 Å². The molecule has 6 nitrogen and oxygen atoms in total. The highest BCUT2D eigenvalue weighted by molar-refractivity contribution is 7.16. The SMILES string of the molecule is Cc1ccc(C(O)CN=[N+]=[N-])c2sc(=O)[nH]c12. The molecule has 0 aliphatic carbocycles. The lowest BCUT2D eigenvalue weighted by atomic mass is 10.1. The van der Waals surface area contributed by atoms with Crippen LogP contribution in [0.2, 0.25) is 0 Å². The summed E-state index contributed by atoms with van der Waals surface area (Å²) in [6.07, 6.45) is -0.888. The zero-order valence-corrected chi connectivity index (χ0v) is 9.86. The Morgan fingerprint density at radius 3 is 3.12 bits per heavy atom. The van der Waals surface area contributed by atoms with Gasteiger partial charge >= 0.3 is 4.87 Å². The third-order valence-electron chi connectivity index (χ3n) is 2.50. The number of hydrogen-bond acceptors (Lipinski definition) is 4. The van der Waals surface area contributed by atoms with E-state index in [-0.39, 0.29) is 11.4 Å². The summed E-state index contributed by atoms with van der Waals surface area (Å²) in [4.78, 5) is 16.5. The number of rotatable bonds is 3. The average molecular weight is 250 g/mol. The van der Waals surface area contributed by atoms with Crippen molar-refractivity contribution >= 4 is 21.6 Å². The van der Waals surface area contributed by atoms with Crippen LogP contribution in [0.5, 0.6) is 0 Å². The van der Waals surface area contributed by atoms with Crippen LogP contribution in [0.1, 0.15) is 17.2 Å². The fraction of sp³-hybridized carbons (Fsp3) is 0.300. The average Bonchev–Trinajstić information content (AvgIpc) is 2.69. The number of nitrogens with zero attached hydrogens (tertiary/aromatic N) is 3. The van der Waals surface area contributed by atoms with Gasteiger partial charge in [0.15, 0.2) is 0 Å². The highest BCUT2D eigenvalue weighted by Gasteiger charge is 2.14. The molecule has 2 N–H and O–H groups in total. The number of thiazole rings is 1. The Balaban J connectivity index is 2.58. The molecule has 0 aliphatic heterocycles. The van der Waals surface area contributed by atoms with E-state index < -0.39 is 6.10 Å². The maximum Gasteiger partial charge on any atom is 0.305 e. The van der Waals surface area contributed by atoms with Crippen molar-refractivity contribution in [1.29, 1.82) is 0 Å². The lowest BCUT2D eigenvalue weighted by Gasteiger charge is -2.09. The summed E-state index contributed by atoms with van der Waals surface area (Å²) in [5, 5.41) is 13.2. The minimum Gasteiger partial charge on any atom is -0.388 e. The standard InChI is InChI=1S/C10H10N4O2S/c1-5-2-3-6(7(15)4-12-14-11)9-8(5)13-10(16)17-9/h2-3,7,15H,4H2,1H3,(H,13,16). The third kappa shape index (κ3) is 2.16. The second-order valence-corrected chi connectivity index (χ2v) is 4.60. The maximum atomic E-state index is 11.3. The Kier molecular flexibility index (Phi) is 3.14. The molecule has 0 saturated heterocycles. The minimum atomic E-state index is -0.888. The smallest absolute Gasteiger partial charge is 0.305 e. The van der Waals surface area contributed by atoms with Crippen LogP contribution in [-0.2, 0) is 0 Å². The Bertz CT molecular complexity index is 654. The van der Waals surface area contributed by atoms with Gasteiger partial charge in [0.25, 0.3) is 0 Å². The summed E-state index contributed by atoms with van der Waals surface area (Å²) >= 11 is 1.05. The Hall–Kier alpha value is -1.82. The monoisotopic (exact) mass is 250 g/mol. The van der Waals surface area contributed by atoms with Crippen LogP contribution in [0, 0.1) is 6.92 Å². The summed E-state index contributed by atoms with van der Waals surface area (Å²) in [6, 6.07) is 3.57. The molecule has 1 atom stereocenters. The number of aromatic nitrogens is 1. The van der Waals surface area contributed by atoms with Crippen LogP contribution in [0.25, 0.3) is 20.7 Å². The van der Waals surface area contributed by atoms with Crippen LogP contribution < -0.4 is 4.87 Å². The number of aliphatic hydroxyl groups excluding tert-OH is 1. The molecular weight excluding hydrogens is 240 g/mol. The van der Waals surface area contributed by atoms with Crippen molar-refractivity contribution in [1.82, 2.24) is 4.98 Å². The molecule has 1 aromatic heterocycles. The molecule has 0 saturated carbocycles. The number of H-pyrrole nitrogens is 1. The number of aromatic amines is 1. The molecule has 0 bridgehead atoms. The first kappa shape index (κ1) is 11.7. The van der Waals surface area contributed by atoms with Crippen molar-refractivity contribution in [2.75, 3.05) is 6.54 Å². The fourth-order valence-corrected chi connectivity index (χ4v) is 2.63. The molecule has 17 heavy (non-hydrogen) atoms. The number of azide groups is 1. The lowest BCUT2D eigenvalue weighted by Crippen LogP contribution is -2.01. The second-order valence-electron chi connectivity index (χ2n) is 3.62. The Labute approximate surface area is 100 Å². The van der Waals surface area contributed by atoms with Gasteiger partial charge in [-0.1, -0.05) is 28.6 Å². The zero-order valence-electron chi connectivity index (χ0n) is 9.04. The lowest BCUT2D eigenvalue weighted by molar-refractivity contribution is 0.188. The van der Waals surface area contributed by atoms with Crippen LogP contribution in [0.3, 0.4) is 0 Å². The maximum absolute atomic E-state index is 11.3. The first-order valence-electron chi connectivity index (χ1n) is 4.94. The first-order valence-corrected chi connectivity index (χ1v) is 5.76. The Morgan fingerprint density at radius 1 is 1.65 bits per heavy atom. The molecule has 2 aromatic rings. The molecule has 0 aliphatic rings. The molecule has 0 fully saturated rings. The molecule has 2 rings (SSSR count). The van der Waals surface area contributed by atoms with E-state index in [1.54, 1.807) is 6.07 Å². The van der Waals surface area contributed by atoms with Crippen molar-refractivity contribution in [3.63, 3.8) is 0 Å². The van der Waals surface area contributed by atoms with Crippen LogP contribution >= 0.6 is 11.3 Å². The second kappa shape index (κ2) is 4.58. The zero-order chi connectivity index (χ0) is 12.4. The van der Waals surface area contributed by atoms with Crippen molar-refractivity contribution in [3.8, 4) is 0 Å². The predicted molar refractivity (Wildman–Crippen MR) is 66.2 cm³/mol. The van der Waals surface area contributed by atoms with Gasteiger partial charge in [-0.05, 0) is 18.0 Å². The van der Waals surface area contributed by atoms with Gasteiger partial charge < -0.3 is 10.1 Å². The molecule has 88 valence electrons. The van der Waals surface area contributed by atoms with Crippen molar-refractivity contribution < 1.29 is 5.11 Å². The van der Waals surface area contributed by atoms with Gasteiger partial charge in [-0.3, -0.25) is 4.79 Å². The number of nitrogens with one attached hydrogen (secondary N) is 1. The van der Waals surface area contributed by atoms with Gasteiger partial charge in [-0.2, -0.15) is 0 Å². The number of aliphatic hydroxyl groups is 1. The largest absolute Gasteiger partial charge is 0.388 e. The quantitative estimate of drug-likeness (QED) is 0.495. The number of hydrogen-bond donors (Lipinski definition) is 2. The molecule has 1 heterocycles. The fourth-order valence-electron chi connectivity index (χ4n) is 1.66. The number of fused-ring (bicyclic) bond motifs is 1. The van der Waals surface area contributed by atoms with E-state index in [4.69, 9.17) is 5.53 Å². The molecule has 0 spiro atoms. The van der Waals surface area contributed by atoms with Crippen LogP contribution in [0.4, 0.5) is 0 Å². The minimum absolute atomic E-state index is 0.0409. The van der Waals surface area contributed by atoms with Gasteiger partial charge in [0, 0.05) is 10.5 Å². The summed E-state index contributed by atoms with van der Waals surface area (Å²) in [5.74, 6) is 0. The molecule has 7 heteroatoms. The van der Waals surface area contributed by atoms with Gasteiger partial charge in [0.2, 0.25) is 0 Å².